The lowest BCUT2D eigenvalue weighted by atomic mass is 9.84. The van der Waals surface area contributed by atoms with Crippen molar-refractivity contribution in [3.8, 4) is 5.75 Å². The van der Waals surface area contributed by atoms with Crippen LogP contribution < -0.4 is 10.5 Å². The lowest BCUT2D eigenvalue weighted by molar-refractivity contribution is 0.147. The maximum atomic E-state index is 6.24. The largest absolute Gasteiger partial charge is 0.492 e. The molecule has 1 aromatic carbocycles. The van der Waals surface area contributed by atoms with Gasteiger partial charge in [0.05, 0.1) is 17.2 Å². The molecule has 0 amide bonds. The highest BCUT2D eigenvalue weighted by Crippen LogP contribution is 2.44. The van der Waals surface area contributed by atoms with Crippen LogP contribution in [0.2, 0.25) is 10.0 Å². The number of nitrogens with two attached hydrogens (primary N) is 1. The standard InChI is InChI=1S/C13H18Cl2N2O/c1-17(2)13(8-16)4-3-5-18-12-10(13)6-9(14)7-11(12)15/h6-7H,3-5,8,16H2,1-2H3. The zero-order valence-electron chi connectivity index (χ0n) is 10.7. The molecule has 100 valence electrons. The van der Waals surface area contributed by atoms with Crippen molar-refractivity contribution in [2.45, 2.75) is 18.4 Å². The van der Waals surface area contributed by atoms with E-state index >= 15 is 0 Å². The van der Waals surface area contributed by atoms with Crippen molar-refractivity contribution in [2.75, 3.05) is 27.2 Å². The maximum Gasteiger partial charge on any atom is 0.143 e. The first-order valence-electron chi connectivity index (χ1n) is 6.01. The Morgan fingerprint density at radius 1 is 1.39 bits per heavy atom. The molecule has 2 N–H and O–H groups in total. The topological polar surface area (TPSA) is 38.5 Å². The van der Waals surface area contributed by atoms with Crippen molar-refractivity contribution in [2.24, 2.45) is 5.73 Å². The summed E-state index contributed by atoms with van der Waals surface area (Å²) in [6.07, 6.45) is 1.87. The third kappa shape index (κ3) is 2.21. The lowest BCUT2D eigenvalue weighted by Gasteiger charge is -2.39. The molecule has 1 unspecified atom stereocenters. The monoisotopic (exact) mass is 288 g/mol. The Kier molecular flexibility index (Phi) is 4.07. The number of fused-ring (bicyclic) bond motifs is 1. The van der Waals surface area contributed by atoms with E-state index in [1.54, 1.807) is 6.07 Å². The highest BCUT2D eigenvalue weighted by Gasteiger charge is 2.38. The van der Waals surface area contributed by atoms with Crippen molar-refractivity contribution in [3.63, 3.8) is 0 Å². The molecule has 0 aliphatic carbocycles. The van der Waals surface area contributed by atoms with Gasteiger partial charge in [0.2, 0.25) is 0 Å². The fraction of sp³-hybridized carbons (Fsp3) is 0.538. The van der Waals surface area contributed by atoms with Crippen molar-refractivity contribution in [1.82, 2.24) is 4.90 Å². The van der Waals surface area contributed by atoms with Crippen LogP contribution in [0, 0.1) is 0 Å². The molecular weight excluding hydrogens is 271 g/mol. The van der Waals surface area contributed by atoms with Crippen LogP contribution in [0.25, 0.3) is 0 Å². The molecular formula is C13H18Cl2N2O. The van der Waals surface area contributed by atoms with Crippen LogP contribution in [0.4, 0.5) is 0 Å². The van der Waals surface area contributed by atoms with Gasteiger partial charge in [-0.3, -0.25) is 4.90 Å². The number of hydrogen-bond acceptors (Lipinski definition) is 3. The van der Waals surface area contributed by atoms with Crippen LogP contribution in [0.15, 0.2) is 12.1 Å². The second-order valence-corrected chi connectivity index (χ2v) is 5.69. The van der Waals surface area contributed by atoms with Crippen molar-refractivity contribution < 1.29 is 4.74 Å². The molecule has 1 aliphatic rings. The quantitative estimate of drug-likeness (QED) is 0.910. The Labute approximate surface area is 118 Å². The fourth-order valence-electron chi connectivity index (χ4n) is 2.59. The average Bonchev–Trinajstić information content (AvgIpc) is 2.49. The first-order chi connectivity index (χ1) is 8.51. The molecule has 1 heterocycles. The predicted molar refractivity (Wildman–Crippen MR) is 75.6 cm³/mol. The van der Waals surface area contributed by atoms with Gasteiger partial charge in [-0.25, -0.2) is 0 Å². The van der Waals surface area contributed by atoms with Gasteiger partial charge in [-0.15, -0.1) is 0 Å². The van der Waals surface area contributed by atoms with Crippen LogP contribution >= 0.6 is 23.2 Å². The normalized spacial score (nSPS) is 23.4. The van der Waals surface area contributed by atoms with Crippen LogP contribution in [0.5, 0.6) is 5.75 Å². The Morgan fingerprint density at radius 2 is 2.11 bits per heavy atom. The van der Waals surface area contributed by atoms with Gasteiger partial charge in [-0.05, 0) is 39.1 Å². The van der Waals surface area contributed by atoms with E-state index in [4.69, 9.17) is 33.7 Å². The first kappa shape index (κ1) is 13.9. The van der Waals surface area contributed by atoms with Crippen LogP contribution in [-0.2, 0) is 5.54 Å². The zero-order valence-corrected chi connectivity index (χ0v) is 12.2. The third-order valence-electron chi connectivity index (χ3n) is 3.68. The van der Waals surface area contributed by atoms with E-state index in [0.29, 0.717) is 23.2 Å². The summed E-state index contributed by atoms with van der Waals surface area (Å²) in [4.78, 5) is 2.13. The lowest BCUT2D eigenvalue weighted by Crippen LogP contribution is -2.47. The Hall–Kier alpha value is -0.480. The summed E-state index contributed by atoms with van der Waals surface area (Å²) in [6, 6.07) is 3.63. The van der Waals surface area contributed by atoms with Crippen LogP contribution in [0.1, 0.15) is 18.4 Å². The highest BCUT2D eigenvalue weighted by molar-refractivity contribution is 6.35. The average molecular weight is 289 g/mol. The van der Waals surface area contributed by atoms with Gasteiger partial charge >= 0.3 is 0 Å². The summed E-state index contributed by atoms with van der Waals surface area (Å²) in [5.74, 6) is 0.720. The maximum absolute atomic E-state index is 6.24. The molecule has 0 saturated carbocycles. The van der Waals surface area contributed by atoms with E-state index in [2.05, 4.69) is 4.90 Å². The Bertz CT molecular complexity index is 451. The second kappa shape index (κ2) is 5.25. The second-order valence-electron chi connectivity index (χ2n) is 4.85. The summed E-state index contributed by atoms with van der Waals surface area (Å²) in [5.41, 5.74) is 6.77. The fourth-order valence-corrected chi connectivity index (χ4v) is 3.13. The minimum Gasteiger partial charge on any atom is -0.492 e. The molecule has 3 nitrogen and oxygen atoms in total. The van der Waals surface area contributed by atoms with Crippen molar-refractivity contribution in [1.29, 1.82) is 0 Å². The van der Waals surface area contributed by atoms with Crippen LogP contribution in [-0.4, -0.2) is 32.1 Å². The summed E-state index contributed by atoms with van der Waals surface area (Å²) >= 11 is 12.4. The molecule has 0 aromatic heterocycles. The number of benzene rings is 1. The molecule has 5 heteroatoms. The number of halogens is 2. The first-order valence-corrected chi connectivity index (χ1v) is 6.76. The van der Waals surface area contributed by atoms with Gasteiger partial charge in [0.25, 0.3) is 0 Å². The van der Waals surface area contributed by atoms with E-state index in [9.17, 15) is 0 Å². The summed E-state index contributed by atoms with van der Waals surface area (Å²) in [5, 5.41) is 1.17. The van der Waals surface area contributed by atoms with Gasteiger partial charge in [0.15, 0.2) is 0 Å². The zero-order chi connectivity index (χ0) is 13.3. The molecule has 0 bridgehead atoms. The van der Waals surface area contributed by atoms with Gasteiger partial charge in [0.1, 0.15) is 5.75 Å². The molecule has 18 heavy (non-hydrogen) atoms. The number of likely N-dealkylation sites (N-methyl/N-ethyl adjacent to an activating group) is 1. The number of nitrogens with zero attached hydrogens (tertiary/aromatic N) is 1. The molecule has 1 aromatic rings. The van der Waals surface area contributed by atoms with Crippen LogP contribution in [0.3, 0.4) is 0 Å². The molecule has 0 spiro atoms. The highest BCUT2D eigenvalue weighted by atomic mass is 35.5. The number of ether oxygens (including phenoxy) is 1. The van der Waals surface area contributed by atoms with Crippen molar-refractivity contribution in [3.05, 3.63) is 27.7 Å². The van der Waals surface area contributed by atoms with E-state index in [0.717, 1.165) is 24.2 Å². The molecule has 1 aliphatic heterocycles. The molecule has 0 radical (unpaired) electrons. The van der Waals surface area contributed by atoms with E-state index in [1.807, 2.05) is 20.2 Å². The van der Waals surface area contributed by atoms with Gasteiger partial charge < -0.3 is 10.5 Å². The SMILES string of the molecule is CN(C)C1(CN)CCCOc2c(Cl)cc(Cl)cc21. The van der Waals surface area contributed by atoms with E-state index in [-0.39, 0.29) is 5.54 Å². The smallest absolute Gasteiger partial charge is 0.143 e. The predicted octanol–water partition coefficient (Wildman–Crippen LogP) is 2.88. The Morgan fingerprint density at radius 3 is 2.72 bits per heavy atom. The van der Waals surface area contributed by atoms with Crippen molar-refractivity contribution >= 4 is 23.2 Å². The summed E-state index contributed by atoms with van der Waals surface area (Å²) in [7, 11) is 4.05. The number of rotatable bonds is 2. The van der Waals surface area contributed by atoms with E-state index in [1.165, 1.54) is 0 Å². The summed E-state index contributed by atoms with van der Waals surface area (Å²) in [6.45, 7) is 1.16. The molecule has 2 rings (SSSR count). The minimum absolute atomic E-state index is 0.264. The van der Waals surface area contributed by atoms with Gasteiger partial charge in [0, 0.05) is 17.1 Å². The third-order valence-corrected chi connectivity index (χ3v) is 4.18. The van der Waals surface area contributed by atoms with Gasteiger partial charge in [-0.2, -0.15) is 0 Å². The summed E-state index contributed by atoms with van der Waals surface area (Å²) < 4.78 is 5.77. The van der Waals surface area contributed by atoms with Gasteiger partial charge in [-0.1, -0.05) is 23.2 Å². The molecule has 1 atom stereocenters. The molecule has 0 saturated heterocycles. The molecule has 0 fully saturated rings. The Balaban J connectivity index is 2.66. The number of hydrogen-bond donors (Lipinski definition) is 1. The van der Waals surface area contributed by atoms with E-state index < -0.39 is 0 Å². The minimum atomic E-state index is -0.264.